The maximum Gasteiger partial charge on any atom is 0.133 e. The number of aryl methyl sites for hydroxylation is 1. The molecule has 2 heterocycles. The number of aromatic nitrogens is 3. The molecule has 0 bridgehead atoms. The Kier molecular flexibility index (Phi) is 2.12. The Balaban J connectivity index is 2.28. The van der Waals surface area contributed by atoms with Crippen LogP contribution in [-0.2, 0) is 7.05 Å². The number of aliphatic hydroxyl groups excluding tert-OH is 1. The quantitative estimate of drug-likeness (QED) is 0.776. The van der Waals surface area contributed by atoms with Gasteiger partial charge in [0.2, 0.25) is 0 Å². The number of hydrogen-bond donors (Lipinski definition) is 1. The first-order valence-corrected chi connectivity index (χ1v) is 4.61. The number of nitrogens with zero attached hydrogens (tertiary/aromatic N) is 3. The van der Waals surface area contributed by atoms with E-state index in [0.717, 1.165) is 4.88 Å². The van der Waals surface area contributed by atoms with E-state index >= 15 is 0 Å². The molecule has 0 saturated heterocycles. The highest BCUT2D eigenvalue weighted by Crippen LogP contribution is 2.22. The smallest absolute Gasteiger partial charge is 0.133 e. The van der Waals surface area contributed by atoms with Crippen molar-refractivity contribution in [2.24, 2.45) is 7.05 Å². The zero-order chi connectivity index (χ0) is 9.26. The van der Waals surface area contributed by atoms with Crippen LogP contribution >= 0.6 is 11.5 Å². The summed E-state index contributed by atoms with van der Waals surface area (Å²) in [5.41, 5.74) is 0.659. The van der Waals surface area contributed by atoms with Crippen LogP contribution in [0.2, 0.25) is 0 Å². The molecule has 5 heteroatoms. The standard InChI is InChI=1S/C8H9N3OS/c1-11-4-6(9-5-11)8(12)7-2-3-10-13-7/h2-5,8,12H,1H3. The minimum absolute atomic E-state index is 0.645. The van der Waals surface area contributed by atoms with Crippen molar-refractivity contribution in [2.45, 2.75) is 6.10 Å². The lowest BCUT2D eigenvalue weighted by Gasteiger charge is -2.02. The third kappa shape index (κ3) is 1.61. The molecular formula is C8H9N3OS. The number of hydrogen-bond acceptors (Lipinski definition) is 4. The fraction of sp³-hybridized carbons (Fsp3) is 0.250. The molecule has 1 atom stereocenters. The van der Waals surface area contributed by atoms with Gasteiger partial charge in [-0.15, -0.1) is 0 Å². The molecule has 1 unspecified atom stereocenters. The Hall–Kier alpha value is -1.20. The molecule has 13 heavy (non-hydrogen) atoms. The molecule has 0 fully saturated rings. The predicted octanol–water partition coefficient (Wildman–Crippen LogP) is 0.958. The van der Waals surface area contributed by atoms with Crippen LogP contribution < -0.4 is 0 Å². The Morgan fingerprint density at radius 2 is 2.46 bits per heavy atom. The van der Waals surface area contributed by atoms with Crippen molar-refractivity contribution in [3.8, 4) is 0 Å². The van der Waals surface area contributed by atoms with Gasteiger partial charge >= 0.3 is 0 Å². The van der Waals surface area contributed by atoms with Gasteiger partial charge < -0.3 is 9.67 Å². The van der Waals surface area contributed by atoms with Gasteiger partial charge in [-0.2, -0.15) is 0 Å². The molecule has 2 rings (SSSR count). The maximum absolute atomic E-state index is 9.79. The SMILES string of the molecule is Cn1cnc(C(O)c2ccns2)c1. The molecule has 0 saturated carbocycles. The van der Waals surface area contributed by atoms with Crippen molar-refractivity contribution in [3.05, 3.63) is 35.4 Å². The topological polar surface area (TPSA) is 50.9 Å². The van der Waals surface area contributed by atoms with Gasteiger partial charge in [-0.25, -0.2) is 9.36 Å². The van der Waals surface area contributed by atoms with Gasteiger partial charge in [-0.1, -0.05) is 0 Å². The second-order valence-corrected chi connectivity index (χ2v) is 3.65. The van der Waals surface area contributed by atoms with Gasteiger partial charge in [0.15, 0.2) is 0 Å². The molecular weight excluding hydrogens is 186 g/mol. The van der Waals surface area contributed by atoms with Gasteiger partial charge in [0.25, 0.3) is 0 Å². The summed E-state index contributed by atoms with van der Waals surface area (Å²) < 4.78 is 5.73. The molecule has 2 aromatic rings. The van der Waals surface area contributed by atoms with Crippen LogP contribution in [0.3, 0.4) is 0 Å². The largest absolute Gasteiger partial charge is 0.381 e. The van der Waals surface area contributed by atoms with Crippen LogP contribution in [-0.4, -0.2) is 19.0 Å². The fourth-order valence-corrected chi connectivity index (χ4v) is 1.67. The van der Waals surface area contributed by atoms with E-state index in [4.69, 9.17) is 0 Å². The maximum atomic E-state index is 9.79. The van der Waals surface area contributed by atoms with Crippen LogP contribution in [0, 0.1) is 0 Å². The highest BCUT2D eigenvalue weighted by molar-refractivity contribution is 7.05. The fourth-order valence-electron chi connectivity index (χ4n) is 1.09. The summed E-state index contributed by atoms with van der Waals surface area (Å²) in [5.74, 6) is 0. The first-order chi connectivity index (χ1) is 6.27. The summed E-state index contributed by atoms with van der Waals surface area (Å²) >= 11 is 1.29. The van der Waals surface area contributed by atoms with Crippen LogP contribution in [0.5, 0.6) is 0 Å². The van der Waals surface area contributed by atoms with E-state index in [2.05, 4.69) is 9.36 Å². The monoisotopic (exact) mass is 195 g/mol. The second kappa shape index (κ2) is 3.27. The lowest BCUT2D eigenvalue weighted by atomic mass is 10.2. The third-order valence-electron chi connectivity index (χ3n) is 1.73. The predicted molar refractivity (Wildman–Crippen MR) is 49.4 cm³/mol. The highest BCUT2D eigenvalue weighted by atomic mass is 32.1. The molecule has 0 spiro atoms. The van der Waals surface area contributed by atoms with Crippen molar-refractivity contribution < 1.29 is 5.11 Å². The zero-order valence-electron chi connectivity index (χ0n) is 7.08. The van der Waals surface area contributed by atoms with E-state index in [9.17, 15) is 5.11 Å². The molecule has 4 nitrogen and oxygen atoms in total. The van der Waals surface area contributed by atoms with Gasteiger partial charge in [0.05, 0.1) is 16.9 Å². The third-order valence-corrected chi connectivity index (χ3v) is 2.53. The molecule has 0 aliphatic carbocycles. The van der Waals surface area contributed by atoms with E-state index in [1.54, 1.807) is 29.4 Å². The van der Waals surface area contributed by atoms with Gasteiger partial charge in [0, 0.05) is 19.4 Å². The van der Waals surface area contributed by atoms with Crippen molar-refractivity contribution in [2.75, 3.05) is 0 Å². The molecule has 0 aliphatic rings. The van der Waals surface area contributed by atoms with Gasteiger partial charge in [-0.05, 0) is 17.6 Å². The van der Waals surface area contributed by atoms with Crippen molar-refractivity contribution in [1.29, 1.82) is 0 Å². The lowest BCUT2D eigenvalue weighted by molar-refractivity contribution is 0.219. The molecule has 0 aromatic carbocycles. The van der Waals surface area contributed by atoms with E-state index in [1.165, 1.54) is 11.5 Å². The summed E-state index contributed by atoms with van der Waals surface area (Å²) in [4.78, 5) is 4.88. The number of imidazole rings is 1. The minimum Gasteiger partial charge on any atom is -0.381 e. The zero-order valence-corrected chi connectivity index (χ0v) is 7.90. The summed E-state index contributed by atoms with van der Waals surface area (Å²) in [6.07, 6.45) is 4.49. The summed E-state index contributed by atoms with van der Waals surface area (Å²) in [6, 6.07) is 1.80. The number of aliphatic hydroxyl groups is 1. The molecule has 2 aromatic heterocycles. The van der Waals surface area contributed by atoms with Crippen LogP contribution in [0.25, 0.3) is 0 Å². The van der Waals surface area contributed by atoms with Crippen molar-refractivity contribution in [1.82, 2.24) is 13.9 Å². The highest BCUT2D eigenvalue weighted by Gasteiger charge is 2.13. The number of rotatable bonds is 2. The van der Waals surface area contributed by atoms with Gasteiger partial charge in [0.1, 0.15) is 6.10 Å². The first-order valence-electron chi connectivity index (χ1n) is 3.84. The molecule has 0 amide bonds. The molecule has 0 radical (unpaired) electrons. The second-order valence-electron chi connectivity index (χ2n) is 2.78. The van der Waals surface area contributed by atoms with E-state index < -0.39 is 6.10 Å². The van der Waals surface area contributed by atoms with Crippen molar-refractivity contribution >= 4 is 11.5 Å². The molecule has 1 N–H and O–H groups in total. The van der Waals surface area contributed by atoms with E-state index in [-0.39, 0.29) is 0 Å². The van der Waals surface area contributed by atoms with E-state index in [1.807, 2.05) is 7.05 Å². The molecule has 0 aliphatic heterocycles. The Morgan fingerprint density at radius 1 is 1.62 bits per heavy atom. The summed E-state index contributed by atoms with van der Waals surface area (Å²) in [6.45, 7) is 0. The van der Waals surface area contributed by atoms with Crippen LogP contribution in [0.1, 0.15) is 16.7 Å². The Bertz CT molecular complexity index is 382. The summed E-state index contributed by atoms with van der Waals surface area (Å²) in [7, 11) is 1.87. The van der Waals surface area contributed by atoms with Gasteiger partial charge in [-0.3, -0.25) is 0 Å². The average molecular weight is 195 g/mol. The Labute approximate surface area is 79.7 Å². The first kappa shape index (κ1) is 8.40. The Morgan fingerprint density at radius 3 is 3.00 bits per heavy atom. The van der Waals surface area contributed by atoms with Crippen LogP contribution in [0.4, 0.5) is 0 Å². The summed E-state index contributed by atoms with van der Waals surface area (Å²) in [5, 5.41) is 9.79. The average Bonchev–Trinajstić information content (AvgIpc) is 2.72. The van der Waals surface area contributed by atoms with E-state index in [0.29, 0.717) is 5.69 Å². The molecule has 68 valence electrons. The normalized spacial score (nSPS) is 13.1. The lowest BCUT2D eigenvalue weighted by Crippen LogP contribution is -1.96. The van der Waals surface area contributed by atoms with Crippen LogP contribution in [0.15, 0.2) is 24.8 Å². The minimum atomic E-state index is -0.645. The van der Waals surface area contributed by atoms with Crippen molar-refractivity contribution in [3.63, 3.8) is 0 Å².